The first-order valence-corrected chi connectivity index (χ1v) is 14.9. The molecule has 12 heteroatoms. The first kappa shape index (κ1) is 26.3. The van der Waals surface area contributed by atoms with E-state index in [1.807, 2.05) is 24.3 Å². The Hall–Kier alpha value is -2.93. The molecule has 3 amide bonds. The van der Waals surface area contributed by atoms with Crippen molar-refractivity contribution in [2.24, 2.45) is 5.92 Å². The van der Waals surface area contributed by atoms with Crippen molar-refractivity contribution in [1.82, 2.24) is 9.47 Å². The van der Waals surface area contributed by atoms with E-state index in [0.717, 1.165) is 21.4 Å². The number of hydrogen-bond donors (Lipinski definition) is 0. The van der Waals surface area contributed by atoms with Crippen LogP contribution in [-0.2, 0) is 25.7 Å². The van der Waals surface area contributed by atoms with E-state index in [1.54, 1.807) is 36.3 Å². The van der Waals surface area contributed by atoms with Crippen LogP contribution in [0.3, 0.4) is 0 Å². The van der Waals surface area contributed by atoms with Crippen LogP contribution in [0.4, 0.5) is 5.69 Å². The molecule has 0 spiro atoms. The predicted molar refractivity (Wildman–Crippen MR) is 151 cm³/mol. The number of aromatic nitrogens is 1. The minimum absolute atomic E-state index is 0.119. The fourth-order valence-electron chi connectivity index (χ4n) is 5.32. The molecule has 0 saturated carbocycles. The van der Waals surface area contributed by atoms with Gasteiger partial charge in [-0.3, -0.25) is 23.7 Å². The molecule has 6 rings (SSSR count). The van der Waals surface area contributed by atoms with Crippen LogP contribution in [-0.4, -0.2) is 65.9 Å². The average molecular weight is 631 g/mol. The Morgan fingerprint density at radius 1 is 1.03 bits per heavy atom. The third-order valence-corrected chi connectivity index (χ3v) is 10.4. The number of hydrogen-bond acceptors (Lipinski definition) is 8. The Morgan fingerprint density at radius 2 is 1.72 bits per heavy atom. The molecule has 4 heterocycles. The number of thiazole rings is 1. The molecule has 2 fully saturated rings. The van der Waals surface area contributed by atoms with Crippen molar-refractivity contribution in [3.8, 4) is 5.75 Å². The molecule has 202 valence electrons. The molecule has 2 saturated heterocycles. The zero-order valence-corrected chi connectivity index (χ0v) is 24.1. The van der Waals surface area contributed by atoms with Gasteiger partial charge in [-0.15, -0.1) is 0 Å². The molecule has 0 unspecified atom stereocenters. The fraction of sp³-hybridized carbons (Fsp3) is 0.333. The molecule has 0 N–H and O–H groups in total. The van der Waals surface area contributed by atoms with Crippen molar-refractivity contribution in [3.63, 3.8) is 0 Å². The van der Waals surface area contributed by atoms with Gasteiger partial charge < -0.3 is 14.4 Å². The summed E-state index contributed by atoms with van der Waals surface area (Å²) in [7, 11) is 1.55. The highest BCUT2D eigenvalue weighted by Gasteiger charge is 2.56. The van der Waals surface area contributed by atoms with E-state index < -0.39 is 17.1 Å². The van der Waals surface area contributed by atoms with E-state index >= 15 is 0 Å². The third kappa shape index (κ3) is 4.62. The van der Waals surface area contributed by atoms with Gasteiger partial charge in [-0.1, -0.05) is 51.2 Å². The van der Waals surface area contributed by atoms with Crippen molar-refractivity contribution in [2.75, 3.05) is 38.3 Å². The Labute approximate surface area is 240 Å². The van der Waals surface area contributed by atoms with Gasteiger partial charge in [0.1, 0.15) is 17.5 Å². The molecule has 3 atom stereocenters. The molecule has 3 aliphatic heterocycles. The lowest BCUT2D eigenvalue weighted by molar-refractivity contribution is -0.136. The first-order valence-electron chi connectivity index (χ1n) is 12.4. The minimum atomic E-state index is -0.737. The van der Waals surface area contributed by atoms with Gasteiger partial charge in [0.25, 0.3) is 0 Å². The van der Waals surface area contributed by atoms with Crippen molar-refractivity contribution < 1.29 is 23.9 Å². The maximum atomic E-state index is 13.9. The van der Waals surface area contributed by atoms with Gasteiger partial charge in [0, 0.05) is 28.4 Å². The van der Waals surface area contributed by atoms with Crippen LogP contribution in [0.1, 0.15) is 16.4 Å². The summed E-state index contributed by atoms with van der Waals surface area (Å²) in [5.41, 5.74) is 1.30. The third-order valence-electron chi connectivity index (χ3n) is 7.27. The topological polar surface area (TPSA) is 98.2 Å². The summed E-state index contributed by atoms with van der Waals surface area (Å²) in [6.45, 7) is 1.76. The Morgan fingerprint density at radius 3 is 2.38 bits per heavy atom. The highest BCUT2D eigenvalue weighted by atomic mass is 79.9. The van der Waals surface area contributed by atoms with Gasteiger partial charge in [0.2, 0.25) is 17.7 Å². The standard InChI is InChI=1S/C27H24BrN3O6S2/c1-36-18-8-6-17(7-9-18)31-24(33)21-20(15-2-4-16(28)5-3-15)23-26(38-22(21)25(31)34)30(27(35)39-23)14-19(32)29-10-12-37-13-11-29/h2-9,20-22H,10-14H2,1H3/t20-,21-,22+/m0/s1. The lowest BCUT2D eigenvalue weighted by Gasteiger charge is -2.31. The van der Waals surface area contributed by atoms with Crippen LogP contribution in [0.5, 0.6) is 5.75 Å². The fourth-order valence-corrected chi connectivity index (χ4v) is 8.36. The molecule has 0 aliphatic carbocycles. The van der Waals surface area contributed by atoms with E-state index in [4.69, 9.17) is 9.47 Å². The summed E-state index contributed by atoms with van der Waals surface area (Å²) in [5, 5.41) is -0.155. The van der Waals surface area contributed by atoms with Crippen molar-refractivity contribution in [2.45, 2.75) is 22.7 Å². The van der Waals surface area contributed by atoms with Crippen LogP contribution in [0, 0.1) is 5.92 Å². The lowest BCUT2D eigenvalue weighted by Crippen LogP contribution is -2.43. The van der Waals surface area contributed by atoms with Crippen LogP contribution in [0.25, 0.3) is 0 Å². The van der Waals surface area contributed by atoms with Crippen LogP contribution < -0.4 is 14.5 Å². The number of nitrogens with zero attached hydrogens (tertiary/aromatic N) is 3. The molecular formula is C27H24BrN3O6S2. The highest BCUT2D eigenvalue weighted by molar-refractivity contribution is 9.10. The van der Waals surface area contributed by atoms with E-state index in [9.17, 15) is 19.2 Å². The number of carbonyl (C=O) groups is 3. The second-order valence-electron chi connectivity index (χ2n) is 9.42. The van der Waals surface area contributed by atoms with Gasteiger partial charge in [0.15, 0.2) is 0 Å². The molecule has 0 bridgehead atoms. The minimum Gasteiger partial charge on any atom is -0.497 e. The molecule has 3 aromatic rings. The highest BCUT2D eigenvalue weighted by Crippen LogP contribution is 2.54. The maximum absolute atomic E-state index is 13.9. The number of anilines is 1. The summed E-state index contributed by atoms with van der Waals surface area (Å²) < 4.78 is 12.9. The van der Waals surface area contributed by atoms with E-state index in [2.05, 4.69) is 15.9 Å². The quantitative estimate of drug-likeness (QED) is 0.399. The number of carbonyl (C=O) groups excluding carboxylic acids is 3. The van der Waals surface area contributed by atoms with Crippen LogP contribution >= 0.6 is 39.0 Å². The number of methoxy groups -OCH3 is 1. The molecular weight excluding hydrogens is 606 g/mol. The number of thioether (sulfide) groups is 1. The number of ether oxygens (including phenoxy) is 2. The molecule has 3 aliphatic rings. The van der Waals surface area contributed by atoms with Crippen molar-refractivity contribution >= 4 is 62.4 Å². The summed E-state index contributed by atoms with van der Waals surface area (Å²) in [4.78, 5) is 57.5. The average Bonchev–Trinajstić information content (AvgIpc) is 3.40. The second kappa shape index (κ2) is 10.6. The number of imide groups is 1. The lowest BCUT2D eigenvalue weighted by atomic mass is 9.83. The number of rotatable bonds is 5. The number of benzene rings is 2. The molecule has 1 aromatic heterocycles. The summed E-state index contributed by atoms with van der Waals surface area (Å²) >= 11 is 5.73. The van der Waals surface area contributed by atoms with E-state index in [0.29, 0.717) is 47.6 Å². The number of morpholine rings is 1. The number of halogens is 1. The maximum Gasteiger partial charge on any atom is 0.308 e. The monoisotopic (exact) mass is 629 g/mol. The van der Waals surface area contributed by atoms with Crippen molar-refractivity contribution in [3.05, 3.63) is 73.1 Å². The van der Waals surface area contributed by atoms with E-state index in [1.165, 1.54) is 21.2 Å². The van der Waals surface area contributed by atoms with Gasteiger partial charge in [0.05, 0.1) is 37.0 Å². The zero-order valence-electron chi connectivity index (χ0n) is 20.9. The Kier molecular flexibility index (Phi) is 7.13. The summed E-state index contributed by atoms with van der Waals surface area (Å²) in [5.74, 6) is -1.39. The van der Waals surface area contributed by atoms with Crippen LogP contribution in [0.15, 0.2) is 62.8 Å². The number of amides is 3. The van der Waals surface area contributed by atoms with Gasteiger partial charge in [-0.05, 0) is 42.0 Å². The summed E-state index contributed by atoms with van der Waals surface area (Å²) in [6.07, 6.45) is 0. The largest absolute Gasteiger partial charge is 0.497 e. The van der Waals surface area contributed by atoms with Gasteiger partial charge in [-0.25, -0.2) is 4.90 Å². The predicted octanol–water partition coefficient (Wildman–Crippen LogP) is 3.34. The molecule has 9 nitrogen and oxygen atoms in total. The second-order valence-corrected chi connectivity index (χ2v) is 12.5. The molecule has 2 aromatic carbocycles. The molecule has 0 radical (unpaired) electrons. The van der Waals surface area contributed by atoms with Gasteiger partial charge in [-0.2, -0.15) is 0 Å². The van der Waals surface area contributed by atoms with Crippen LogP contribution in [0.2, 0.25) is 0 Å². The van der Waals surface area contributed by atoms with Crippen molar-refractivity contribution in [1.29, 1.82) is 0 Å². The molecule has 39 heavy (non-hydrogen) atoms. The zero-order chi connectivity index (χ0) is 27.3. The smallest absolute Gasteiger partial charge is 0.308 e. The first-order chi connectivity index (χ1) is 18.9. The normalized spacial score (nSPS) is 22.6. The summed E-state index contributed by atoms with van der Waals surface area (Å²) in [6, 6.07) is 14.4. The number of fused-ring (bicyclic) bond motifs is 2. The van der Waals surface area contributed by atoms with Gasteiger partial charge >= 0.3 is 4.87 Å². The Balaban J connectivity index is 1.42. The van der Waals surface area contributed by atoms with E-state index in [-0.39, 0.29) is 29.1 Å². The SMILES string of the molecule is COc1ccc(N2C(=O)[C@H]3[C@H](c4ccc(Br)cc4)c4sc(=O)n(CC(=O)N5CCOCC5)c4S[C@H]3C2=O)cc1. The Bertz CT molecular complexity index is 1500.